The number of carboxylic acids is 1. The van der Waals surface area contributed by atoms with Crippen LogP contribution in [0.3, 0.4) is 0 Å². The molecule has 0 saturated carbocycles. The molecule has 0 radical (unpaired) electrons. The van der Waals surface area contributed by atoms with Gasteiger partial charge in [-0.25, -0.2) is 4.79 Å². The van der Waals surface area contributed by atoms with Gasteiger partial charge in [0.25, 0.3) is 0 Å². The molecule has 0 aliphatic carbocycles. The summed E-state index contributed by atoms with van der Waals surface area (Å²) in [7, 11) is 3.34. The van der Waals surface area contributed by atoms with E-state index in [2.05, 4.69) is 12.2 Å². The Labute approximate surface area is 182 Å². The van der Waals surface area contributed by atoms with Crippen LogP contribution in [0.1, 0.15) is 65.7 Å². The quantitative estimate of drug-likeness (QED) is 0.224. The third kappa shape index (κ3) is 9.61. The highest BCUT2D eigenvalue weighted by Crippen LogP contribution is 2.25. The zero-order chi connectivity index (χ0) is 21.6. The first-order valence-electron chi connectivity index (χ1n) is 10.6. The number of hydrogen-bond acceptors (Lipinski definition) is 7. The minimum Gasteiger partial charge on any atom is -0.480 e. The zero-order valence-corrected chi connectivity index (χ0v) is 19.5. The number of ether oxygens (including phenoxy) is 1. The molecule has 0 spiro atoms. The van der Waals surface area contributed by atoms with Crippen LogP contribution in [0, 0.1) is 0 Å². The fraction of sp³-hybridized carbons (Fsp3) is 0.850. The van der Waals surface area contributed by atoms with Gasteiger partial charge in [0.2, 0.25) is 5.91 Å². The van der Waals surface area contributed by atoms with Gasteiger partial charge in [0, 0.05) is 18.1 Å². The fourth-order valence-corrected chi connectivity index (χ4v) is 5.58. The van der Waals surface area contributed by atoms with Crippen LogP contribution in [0.25, 0.3) is 0 Å². The van der Waals surface area contributed by atoms with Crippen molar-refractivity contribution in [2.75, 3.05) is 24.7 Å². The lowest BCUT2D eigenvalue weighted by atomic mass is 10.2. The Kier molecular flexibility index (Phi) is 13.5. The maximum Gasteiger partial charge on any atom is 0.326 e. The van der Waals surface area contributed by atoms with Crippen molar-refractivity contribution in [2.24, 2.45) is 0 Å². The van der Waals surface area contributed by atoms with Crippen molar-refractivity contribution in [3.63, 3.8) is 0 Å². The van der Waals surface area contributed by atoms with E-state index in [4.69, 9.17) is 4.74 Å². The van der Waals surface area contributed by atoms with E-state index in [1.807, 2.05) is 0 Å². The highest BCUT2D eigenvalue weighted by atomic mass is 33.1. The number of carboxylic acid groups (broad SMARTS) is 1. The van der Waals surface area contributed by atoms with Crippen molar-refractivity contribution in [3.8, 4) is 0 Å². The van der Waals surface area contributed by atoms with E-state index < -0.39 is 24.1 Å². The van der Waals surface area contributed by atoms with Crippen LogP contribution in [0.2, 0.25) is 0 Å². The minimum absolute atomic E-state index is 0.280. The van der Waals surface area contributed by atoms with Gasteiger partial charge in [-0.3, -0.25) is 14.9 Å². The monoisotopic (exact) mass is 448 g/mol. The first-order chi connectivity index (χ1) is 13.9. The number of carbonyl (C=O) groups is 3. The van der Waals surface area contributed by atoms with Gasteiger partial charge in [0.15, 0.2) is 0 Å². The molecule has 168 valence electrons. The normalized spacial score (nSPS) is 18.4. The van der Waals surface area contributed by atoms with E-state index in [-0.39, 0.29) is 18.5 Å². The third-order valence-electron chi connectivity index (χ3n) is 4.86. The maximum atomic E-state index is 12.7. The molecule has 0 bridgehead atoms. The first kappa shape index (κ1) is 26.1. The number of carbonyl (C=O) groups excluding carboxylic acids is 2. The van der Waals surface area contributed by atoms with Crippen molar-refractivity contribution in [3.05, 3.63) is 0 Å². The Morgan fingerprint density at radius 2 is 1.90 bits per heavy atom. The van der Waals surface area contributed by atoms with Crippen LogP contribution >= 0.6 is 21.6 Å². The van der Waals surface area contributed by atoms with Gasteiger partial charge in [0.1, 0.15) is 12.1 Å². The first-order valence-corrected chi connectivity index (χ1v) is 13.1. The number of esters is 1. The van der Waals surface area contributed by atoms with Crippen LogP contribution in [0.15, 0.2) is 0 Å². The number of hydrogen-bond donors (Lipinski definition) is 2. The van der Waals surface area contributed by atoms with E-state index in [9.17, 15) is 19.5 Å². The number of amides is 1. The van der Waals surface area contributed by atoms with Crippen molar-refractivity contribution < 1.29 is 24.2 Å². The van der Waals surface area contributed by atoms with Gasteiger partial charge < -0.3 is 14.7 Å². The summed E-state index contributed by atoms with van der Waals surface area (Å²) in [6.45, 7) is 6.35. The third-order valence-corrected chi connectivity index (χ3v) is 7.36. The summed E-state index contributed by atoms with van der Waals surface area (Å²) >= 11 is 0. The zero-order valence-electron chi connectivity index (χ0n) is 17.9. The maximum absolute atomic E-state index is 12.7. The van der Waals surface area contributed by atoms with Gasteiger partial charge in [-0.15, -0.1) is 0 Å². The summed E-state index contributed by atoms with van der Waals surface area (Å²) in [6.07, 6.45) is 7.32. The van der Waals surface area contributed by atoms with Crippen LogP contribution in [-0.4, -0.2) is 70.6 Å². The fourth-order valence-electron chi connectivity index (χ4n) is 3.28. The van der Waals surface area contributed by atoms with Crippen LogP contribution in [0.5, 0.6) is 0 Å². The Balaban J connectivity index is 2.49. The lowest BCUT2D eigenvalue weighted by Crippen LogP contribution is -2.53. The Hall–Kier alpha value is -0.930. The second-order valence-electron chi connectivity index (χ2n) is 7.24. The predicted octanol–water partition coefficient (Wildman–Crippen LogP) is 3.32. The predicted molar refractivity (Wildman–Crippen MR) is 119 cm³/mol. The smallest absolute Gasteiger partial charge is 0.326 e. The summed E-state index contributed by atoms with van der Waals surface area (Å²) < 4.78 is 5.15. The molecule has 0 aromatic carbocycles. The van der Waals surface area contributed by atoms with E-state index in [1.165, 1.54) is 30.6 Å². The van der Waals surface area contributed by atoms with Crippen LogP contribution < -0.4 is 5.32 Å². The van der Waals surface area contributed by atoms with Crippen molar-refractivity contribution in [1.82, 2.24) is 10.2 Å². The molecule has 3 atom stereocenters. The summed E-state index contributed by atoms with van der Waals surface area (Å²) in [5.41, 5.74) is 0. The molecule has 1 amide bonds. The number of likely N-dealkylation sites (tertiary alicyclic amines) is 1. The topological polar surface area (TPSA) is 95.9 Å². The number of aliphatic carboxylic acids is 1. The number of nitrogens with one attached hydrogen (secondary N) is 1. The van der Waals surface area contributed by atoms with E-state index in [0.717, 1.165) is 12.2 Å². The van der Waals surface area contributed by atoms with E-state index in [0.29, 0.717) is 25.1 Å². The Bertz CT molecular complexity index is 521. The molecular weight excluding hydrogens is 412 g/mol. The Morgan fingerprint density at radius 3 is 2.55 bits per heavy atom. The molecule has 1 aliphatic rings. The molecule has 1 aliphatic heterocycles. The molecule has 1 heterocycles. The molecule has 1 unspecified atom stereocenters. The van der Waals surface area contributed by atoms with Crippen LogP contribution in [-0.2, 0) is 19.1 Å². The highest BCUT2D eigenvalue weighted by Gasteiger charge is 2.37. The molecule has 2 N–H and O–H groups in total. The second-order valence-corrected chi connectivity index (χ2v) is 9.87. The molecule has 0 aromatic heterocycles. The average molecular weight is 449 g/mol. The summed E-state index contributed by atoms with van der Waals surface area (Å²) in [5.74, 6) is -0.0988. The second kappa shape index (κ2) is 15.0. The average Bonchev–Trinajstić information content (AvgIpc) is 3.18. The molecule has 1 rings (SSSR count). The summed E-state index contributed by atoms with van der Waals surface area (Å²) in [6, 6.07) is -2.02. The number of nitrogens with zero attached hydrogens (tertiary/aromatic N) is 1. The highest BCUT2D eigenvalue weighted by molar-refractivity contribution is 8.76. The van der Waals surface area contributed by atoms with Gasteiger partial charge in [-0.05, 0) is 33.1 Å². The van der Waals surface area contributed by atoms with Crippen molar-refractivity contribution in [1.29, 1.82) is 0 Å². The van der Waals surface area contributed by atoms with Crippen molar-refractivity contribution >= 4 is 39.4 Å². The molecule has 1 fully saturated rings. The summed E-state index contributed by atoms with van der Waals surface area (Å²) in [4.78, 5) is 37.8. The SMILES string of the molecule is CCCCCCCSSC[C@H](NC(C)C(=O)N1CCC[C@H]1C(=O)O)C(=O)OCC. The molecule has 9 heteroatoms. The van der Waals surface area contributed by atoms with Gasteiger partial charge in [-0.1, -0.05) is 54.2 Å². The molecule has 29 heavy (non-hydrogen) atoms. The lowest BCUT2D eigenvalue weighted by molar-refractivity contribution is -0.150. The van der Waals surface area contributed by atoms with Crippen molar-refractivity contribution in [2.45, 2.75) is 83.8 Å². The van der Waals surface area contributed by atoms with Gasteiger partial charge in [-0.2, -0.15) is 0 Å². The van der Waals surface area contributed by atoms with Crippen LogP contribution in [0.4, 0.5) is 0 Å². The molecule has 0 aromatic rings. The lowest BCUT2D eigenvalue weighted by Gasteiger charge is -2.27. The number of rotatable bonds is 15. The minimum atomic E-state index is -0.976. The van der Waals surface area contributed by atoms with E-state index in [1.54, 1.807) is 35.4 Å². The molecule has 1 saturated heterocycles. The Morgan fingerprint density at radius 1 is 1.17 bits per heavy atom. The van der Waals surface area contributed by atoms with Gasteiger partial charge in [0.05, 0.1) is 12.6 Å². The van der Waals surface area contributed by atoms with E-state index >= 15 is 0 Å². The largest absolute Gasteiger partial charge is 0.480 e. The molecule has 7 nitrogen and oxygen atoms in total. The van der Waals surface area contributed by atoms with Gasteiger partial charge >= 0.3 is 11.9 Å². The molecular formula is C20H36N2O5S2. The standard InChI is InChI=1S/C20H36N2O5S2/c1-4-6-7-8-9-13-28-29-14-16(20(26)27-5-2)21-15(3)18(23)22-12-10-11-17(22)19(24)25/h15-17,21H,4-14H2,1-3H3,(H,24,25)/t15?,16-,17-/m0/s1. The summed E-state index contributed by atoms with van der Waals surface area (Å²) in [5, 5.41) is 12.4. The number of unbranched alkanes of at least 4 members (excludes halogenated alkanes) is 4.